The lowest BCUT2D eigenvalue weighted by atomic mass is 9.79. The Labute approximate surface area is 151 Å². The van der Waals surface area contributed by atoms with Gasteiger partial charge >= 0.3 is 6.03 Å². The molecule has 3 rings (SSSR count). The van der Waals surface area contributed by atoms with Crippen LogP contribution in [0.3, 0.4) is 0 Å². The molecule has 0 aliphatic carbocycles. The summed E-state index contributed by atoms with van der Waals surface area (Å²) in [5.41, 5.74) is 1.52. The largest absolute Gasteiger partial charge is 0.494 e. The van der Waals surface area contributed by atoms with E-state index in [4.69, 9.17) is 4.74 Å². The molecule has 1 spiro atoms. The predicted octanol–water partition coefficient (Wildman–Crippen LogP) is 2.76. The van der Waals surface area contributed by atoms with E-state index >= 15 is 0 Å². The summed E-state index contributed by atoms with van der Waals surface area (Å²) in [6, 6.07) is 8.20. The van der Waals surface area contributed by atoms with Crippen molar-refractivity contribution in [1.29, 1.82) is 0 Å². The maximum atomic E-state index is 12.5. The molecular weight excluding hydrogens is 314 g/mol. The molecule has 0 saturated carbocycles. The SMILES string of the molecule is CCOc1cccc(CCNC(=O)N2CCC3(CCCN(C)C3)C2)c1. The van der Waals surface area contributed by atoms with Gasteiger partial charge in [-0.05, 0) is 63.9 Å². The van der Waals surface area contributed by atoms with E-state index in [-0.39, 0.29) is 6.03 Å². The van der Waals surface area contributed by atoms with Crippen LogP contribution in [-0.4, -0.2) is 62.2 Å². The molecule has 2 saturated heterocycles. The fourth-order valence-electron chi connectivity index (χ4n) is 4.28. The summed E-state index contributed by atoms with van der Waals surface area (Å²) in [7, 11) is 2.19. The number of hydrogen-bond donors (Lipinski definition) is 1. The van der Waals surface area contributed by atoms with Crippen LogP contribution < -0.4 is 10.1 Å². The highest BCUT2D eigenvalue weighted by molar-refractivity contribution is 5.74. The zero-order valence-corrected chi connectivity index (χ0v) is 15.6. The van der Waals surface area contributed by atoms with E-state index < -0.39 is 0 Å². The maximum Gasteiger partial charge on any atom is 0.317 e. The fraction of sp³-hybridized carbons (Fsp3) is 0.650. The van der Waals surface area contributed by atoms with E-state index in [1.807, 2.05) is 24.0 Å². The second-order valence-corrected chi connectivity index (χ2v) is 7.58. The average Bonchev–Trinajstić information content (AvgIpc) is 2.98. The summed E-state index contributed by atoms with van der Waals surface area (Å²) in [5, 5.41) is 3.09. The third-order valence-electron chi connectivity index (χ3n) is 5.48. The van der Waals surface area contributed by atoms with Gasteiger partial charge < -0.3 is 19.9 Å². The first-order valence-electron chi connectivity index (χ1n) is 9.53. The number of carbonyl (C=O) groups is 1. The summed E-state index contributed by atoms with van der Waals surface area (Å²) in [6.45, 7) is 7.43. The number of urea groups is 1. The van der Waals surface area contributed by atoms with E-state index in [1.165, 1.54) is 24.9 Å². The van der Waals surface area contributed by atoms with Crippen molar-refractivity contribution in [3.63, 3.8) is 0 Å². The Balaban J connectivity index is 1.45. The molecule has 1 aromatic rings. The molecule has 0 bridgehead atoms. The van der Waals surface area contributed by atoms with Crippen molar-refractivity contribution in [3.8, 4) is 5.75 Å². The van der Waals surface area contributed by atoms with E-state index in [0.717, 1.165) is 38.2 Å². The summed E-state index contributed by atoms with van der Waals surface area (Å²) in [6.07, 6.45) is 4.48. The molecule has 1 aromatic carbocycles. The first-order valence-corrected chi connectivity index (χ1v) is 9.53. The van der Waals surface area contributed by atoms with Gasteiger partial charge in [0, 0.05) is 31.6 Å². The molecule has 2 heterocycles. The molecule has 2 fully saturated rings. The number of hydrogen-bond acceptors (Lipinski definition) is 3. The maximum absolute atomic E-state index is 12.5. The molecular formula is C20H31N3O2. The van der Waals surface area contributed by atoms with Crippen LogP contribution in [0.2, 0.25) is 0 Å². The number of nitrogens with one attached hydrogen (secondary N) is 1. The van der Waals surface area contributed by atoms with Gasteiger partial charge in [0.1, 0.15) is 5.75 Å². The number of rotatable bonds is 5. The number of nitrogens with zero attached hydrogens (tertiary/aromatic N) is 2. The number of ether oxygens (including phenoxy) is 1. The van der Waals surface area contributed by atoms with E-state index in [2.05, 4.69) is 29.4 Å². The van der Waals surface area contributed by atoms with Crippen LogP contribution in [0.15, 0.2) is 24.3 Å². The standard InChI is InChI=1S/C20H31N3O2/c1-3-25-18-7-4-6-17(14-18)8-11-21-19(24)23-13-10-20(16-23)9-5-12-22(2)15-20/h4,6-7,14H,3,5,8-13,15-16H2,1-2H3,(H,21,24). The highest BCUT2D eigenvalue weighted by Gasteiger charge is 2.41. The van der Waals surface area contributed by atoms with Crippen LogP contribution in [0.4, 0.5) is 4.79 Å². The van der Waals surface area contributed by atoms with Crippen molar-refractivity contribution in [1.82, 2.24) is 15.1 Å². The van der Waals surface area contributed by atoms with Crippen molar-refractivity contribution in [2.45, 2.75) is 32.6 Å². The Kier molecular flexibility index (Phi) is 5.84. The molecule has 1 unspecified atom stereocenters. The highest BCUT2D eigenvalue weighted by atomic mass is 16.5. The Morgan fingerprint density at radius 1 is 1.28 bits per heavy atom. The smallest absolute Gasteiger partial charge is 0.317 e. The minimum Gasteiger partial charge on any atom is -0.494 e. The zero-order valence-electron chi connectivity index (χ0n) is 15.6. The van der Waals surface area contributed by atoms with Crippen LogP contribution >= 0.6 is 0 Å². The van der Waals surface area contributed by atoms with Gasteiger partial charge in [0.2, 0.25) is 0 Å². The van der Waals surface area contributed by atoms with E-state index in [1.54, 1.807) is 0 Å². The van der Waals surface area contributed by atoms with Gasteiger partial charge in [0.25, 0.3) is 0 Å². The molecule has 5 nitrogen and oxygen atoms in total. The van der Waals surface area contributed by atoms with Crippen molar-refractivity contribution in [3.05, 3.63) is 29.8 Å². The second-order valence-electron chi connectivity index (χ2n) is 7.58. The molecule has 138 valence electrons. The quantitative estimate of drug-likeness (QED) is 0.892. The third-order valence-corrected chi connectivity index (χ3v) is 5.48. The number of likely N-dealkylation sites (tertiary alicyclic amines) is 2. The van der Waals surface area contributed by atoms with Crippen LogP contribution in [0, 0.1) is 5.41 Å². The average molecular weight is 345 g/mol. The zero-order chi connectivity index (χ0) is 17.7. The monoisotopic (exact) mass is 345 g/mol. The lowest BCUT2D eigenvalue weighted by Gasteiger charge is -2.38. The lowest BCUT2D eigenvalue weighted by Crippen LogP contribution is -2.45. The number of amides is 2. The van der Waals surface area contributed by atoms with Gasteiger partial charge in [-0.3, -0.25) is 0 Å². The normalized spacial score (nSPS) is 23.8. The Morgan fingerprint density at radius 3 is 2.96 bits per heavy atom. The van der Waals surface area contributed by atoms with Crippen molar-refractivity contribution in [2.24, 2.45) is 5.41 Å². The van der Waals surface area contributed by atoms with Crippen LogP contribution in [0.25, 0.3) is 0 Å². The predicted molar refractivity (Wildman–Crippen MR) is 100 cm³/mol. The first-order chi connectivity index (χ1) is 12.1. The minimum atomic E-state index is 0.0889. The molecule has 25 heavy (non-hydrogen) atoms. The van der Waals surface area contributed by atoms with Crippen LogP contribution in [0.5, 0.6) is 5.75 Å². The minimum absolute atomic E-state index is 0.0889. The van der Waals surface area contributed by atoms with E-state index in [9.17, 15) is 4.79 Å². The molecule has 0 radical (unpaired) electrons. The number of benzene rings is 1. The van der Waals surface area contributed by atoms with Crippen molar-refractivity contribution in [2.75, 3.05) is 46.4 Å². The van der Waals surface area contributed by atoms with Gasteiger partial charge in [0.05, 0.1) is 6.61 Å². The molecule has 5 heteroatoms. The summed E-state index contributed by atoms with van der Waals surface area (Å²) < 4.78 is 5.53. The Bertz CT molecular complexity index is 592. The van der Waals surface area contributed by atoms with Gasteiger partial charge in [-0.1, -0.05) is 12.1 Å². The molecule has 1 atom stereocenters. The number of carbonyl (C=O) groups excluding carboxylic acids is 1. The van der Waals surface area contributed by atoms with Crippen LogP contribution in [-0.2, 0) is 6.42 Å². The van der Waals surface area contributed by atoms with Crippen LogP contribution in [0.1, 0.15) is 31.7 Å². The molecule has 2 aliphatic heterocycles. The van der Waals surface area contributed by atoms with Gasteiger partial charge in [-0.15, -0.1) is 0 Å². The van der Waals surface area contributed by atoms with Gasteiger partial charge in [-0.2, -0.15) is 0 Å². The molecule has 1 N–H and O–H groups in total. The summed E-state index contributed by atoms with van der Waals surface area (Å²) in [5.74, 6) is 0.897. The summed E-state index contributed by atoms with van der Waals surface area (Å²) >= 11 is 0. The number of piperidine rings is 1. The fourth-order valence-corrected chi connectivity index (χ4v) is 4.28. The van der Waals surface area contributed by atoms with Gasteiger partial charge in [0.15, 0.2) is 0 Å². The first kappa shape index (κ1) is 18.1. The molecule has 2 amide bonds. The Hall–Kier alpha value is -1.75. The van der Waals surface area contributed by atoms with Crippen molar-refractivity contribution < 1.29 is 9.53 Å². The van der Waals surface area contributed by atoms with E-state index in [0.29, 0.717) is 18.6 Å². The highest BCUT2D eigenvalue weighted by Crippen LogP contribution is 2.38. The topological polar surface area (TPSA) is 44.8 Å². The molecule has 0 aromatic heterocycles. The third kappa shape index (κ3) is 4.66. The van der Waals surface area contributed by atoms with Crippen molar-refractivity contribution >= 4 is 6.03 Å². The Morgan fingerprint density at radius 2 is 2.16 bits per heavy atom. The lowest BCUT2D eigenvalue weighted by molar-refractivity contribution is 0.115. The summed E-state index contributed by atoms with van der Waals surface area (Å²) in [4.78, 5) is 16.9. The second kappa shape index (κ2) is 8.09. The van der Waals surface area contributed by atoms with Gasteiger partial charge in [-0.25, -0.2) is 4.79 Å². The molecule has 2 aliphatic rings.